The molecule has 3 atom stereocenters. The van der Waals surface area contributed by atoms with Crippen LogP contribution in [0.3, 0.4) is 0 Å². The molecule has 1 aliphatic heterocycles. The smallest absolute Gasteiger partial charge is 0.275 e. The summed E-state index contributed by atoms with van der Waals surface area (Å²) in [4.78, 5) is 36.2. The number of ether oxygens (including phenoxy) is 1. The highest BCUT2D eigenvalue weighted by Gasteiger charge is 2.42. The van der Waals surface area contributed by atoms with Gasteiger partial charge in [-0.05, 0) is 44.2 Å². The average Bonchev–Trinajstić information content (AvgIpc) is 3.81. The number of aromatic nitrogens is 2. The second-order valence-corrected chi connectivity index (χ2v) is 12.3. The van der Waals surface area contributed by atoms with Crippen molar-refractivity contribution >= 4 is 17.5 Å². The minimum atomic E-state index is -1.04. The Hall–Kier alpha value is -3.53. The highest BCUT2D eigenvalue weighted by atomic mass is 16.5. The third-order valence-electron chi connectivity index (χ3n) is 9.29. The number of hydrogen-bond donors (Lipinski definition) is 2. The zero-order valence-electron chi connectivity index (χ0n) is 25.0. The predicted octanol–water partition coefficient (Wildman–Crippen LogP) is 4.29. The molecule has 0 spiro atoms. The topological polar surface area (TPSA) is 99.9 Å². The second kappa shape index (κ2) is 13.0. The minimum absolute atomic E-state index is 0.0895. The Labute approximate surface area is 253 Å². The van der Waals surface area contributed by atoms with Crippen LogP contribution in [-0.4, -0.2) is 82.9 Å². The first-order chi connectivity index (χ1) is 21.0. The number of rotatable bonds is 10. The molecular weight excluding hydrogens is 542 g/mol. The number of piperazine rings is 1. The molecule has 2 aliphatic carbocycles. The van der Waals surface area contributed by atoms with Crippen LogP contribution in [0, 0.1) is 5.92 Å². The maximum Gasteiger partial charge on any atom is 0.275 e. The van der Waals surface area contributed by atoms with E-state index >= 15 is 0 Å². The molecule has 1 aromatic heterocycles. The molecule has 2 aromatic carbocycles. The van der Waals surface area contributed by atoms with Gasteiger partial charge in [0.25, 0.3) is 5.91 Å². The first kappa shape index (κ1) is 29.5. The summed E-state index contributed by atoms with van der Waals surface area (Å²) in [5.74, 6) is 0.167. The van der Waals surface area contributed by atoms with Gasteiger partial charge in [-0.25, -0.2) is 4.98 Å². The van der Waals surface area contributed by atoms with E-state index in [1.54, 1.807) is 13.4 Å². The van der Waals surface area contributed by atoms with Crippen molar-refractivity contribution in [2.24, 2.45) is 5.92 Å². The molecule has 3 fully saturated rings. The number of hydrogen-bond acceptors (Lipinski definition) is 6. The fourth-order valence-corrected chi connectivity index (χ4v) is 6.88. The molecule has 0 radical (unpaired) electrons. The van der Waals surface area contributed by atoms with E-state index in [1.165, 1.54) is 0 Å². The lowest BCUT2D eigenvalue weighted by Gasteiger charge is -2.41. The number of benzene rings is 2. The third-order valence-corrected chi connectivity index (χ3v) is 9.29. The van der Waals surface area contributed by atoms with Crippen molar-refractivity contribution in [2.75, 3.05) is 44.8 Å². The molecule has 3 aromatic rings. The Bertz CT molecular complexity index is 1390. The molecule has 228 valence electrons. The van der Waals surface area contributed by atoms with Gasteiger partial charge in [-0.2, -0.15) is 0 Å². The fraction of sp³-hybridized carbons (Fsp3) is 0.500. The Balaban J connectivity index is 1.29. The normalized spacial score (nSPS) is 24.1. The van der Waals surface area contributed by atoms with Crippen LogP contribution in [-0.2, 0) is 9.53 Å². The highest BCUT2D eigenvalue weighted by Crippen LogP contribution is 2.41. The van der Waals surface area contributed by atoms with E-state index in [2.05, 4.69) is 5.32 Å². The van der Waals surface area contributed by atoms with Crippen molar-refractivity contribution in [1.29, 1.82) is 0 Å². The highest BCUT2D eigenvalue weighted by molar-refractivity contribution is 5.99. The number of carbonyl (C=O) groups is 2. The summed E-state index contributed by atoms with van der Waals surface area (Å²) >= 11 is 0. The van der Waals surface area contributed by atoms with Gasteiger partial charge in [-0.3, -0.25) is 9.59 Å². The number of anilines is 1. The lowest BCUT2D eigenvalue weighted by Crippen LogP contribution is -2.55. The maximum absolute atomic E-state index is 14.4. The van der Waals surface area contributed by atoms with Crippen molar-refractivity contribution in [1.82, 2.24) is 19.8 Å². The van der Waals surface area contributed by atoms with E-state index in [9.17, 15) is 14.7 Å². The van der Waals surface area contributed by atoms with Crippen molar-refractivity contribution in [2.45, 2.75) is 62.6 Å². The molecule has 2 heterocycles. The Kier molecular flexibility index (Phi) is 8.93. The number of carbonyl (C=O) groups excluding carboxylic acids is 2. The molecule has 0 bridgehead atoms. The molecular formula is C34H43N5O4. The van der Waals surface area contributed by atoms with Crippen LogP contribution >= 0.6 is 0 Å². The molecule has 9 heteroatoms. The van der Waals surface area contributed by atoms with Gasteiger partial charge in [0.1, 0.15) is 5.60 Å². The van der Waals surface area contributed by atoms with Gasteiger partial charge in [0.15, 0.2) is 5.69 Å². The lowest BCUT2D eigenvalue weighted by atomic mass is 9.80. The van der Waals surface area contributed by atoms with E-state index in [-0.39, 0.29) is 36.4 Å². The van der Waals surface area contributed by atoms with Gasteiger partial charge >= 0.3 is 0 Å². The largest absolute Gasteiger partial charge is 0.385 e. The van der Waals surface area contributed by atoms with Crippen molar-refractivity contribution in [3.05, 3.63) is 72.7 Å². The van der Waals surface area contributed by atoms with Crippen molar-refractivity contribution in [3.8, 4) is 11.3 Å². The number of nitrogens with one attached hydrogen (secondary N) is 1. The van der Waals surface area contributed by atoms with Crippen LogP contribution in [0.4, 0.5) is 5.69 Å². The number of para-hydroxylation sites is 1. The van der Waals surface area contributed by atoms with Crippen LogP contribution in [0.2, 0.25) is 0 Å². The van der Waals surface area contributed by atoms with Crippen LogP contribution in [0.15, 0.2) is 67.0 Å². The predicted molar refractivity (Wildman–Crippen MR) is 166 cm³/mol. The van der Waals surface area contributed by atoms with Crippen LogP contribution < -0.4 is 10.2 Å². The summed E-state index contributed by atoms with van der Waals surface area (Å²) in [6.45, 7) is 2.68. The molecule has 6 rings (SSSR count). The lowest BCUT2D eigenvalue weighted by molar-refractivity contribution is -0.119. The van der Waals surface area contributed by atoms with E-state index < -0.39 is 5.60 Å². The Morgan fingerprint density at radius 1 is 1.07 bits per heavy atom. The number of methoxy groups -OCH3 is 1. The van der Waals surface area contributed by atoms with E-state index in [4.69, 9.17) is 9.72 Å². The van der Waals surface area contributed by atoms with Gasteiger partial charge in [0, 0.05) is 56.5 Å². The molecule has 2 saturated carbocycles. The monoisotopic (exact) mass is 585 g/mol. The molecule has 43 heavy (non-hydrogen) atoms. The van der Waals surface area contributed by atoms with Crippen molar-refractivity contribution < 1.29 is 19.4 Å². The van der Waals surface area contributed by atoms with Crippen LogP contribution in [0.5, 0.6) is 0 Å². The van der Waals surface area contributed by atoms with Gasteiger partial charge in [0.05, 0.1) is 24.7 Å². The van der Waals surface area contributed by atoms with Crippen LogP contribution in [0.25, 0.3) is 11.3 Å². The SMILES string of the molecule is COC[C@]1(O)CCCC[C@H]1n1cnc(C(=O)N2CCNC[C@H]2CCN(C(=O)C2CC2)c2ccccc2)c1-c1ccccc1. The molecule has 1 saturated heterocycles. The quantitative estimate of drug-likeness (QED) is 0.368. The van der Waals surface area contributed by atoms with E-state index in [1.807, 2.05) is 75.0 Å². The Morgan fingerprint density at radius 3 is 2.53 bits per heavy atom. The summed E-state index contributed by atoms with van der Waals surface area (Å²) < 4.78 is 7.48. The summed E-state index contributed by atoms with van der Waals surface area (Å²) in [5.41, 5.74) is 1.90. The van der Waals surface area contributed by atoms with E-state index in [0.29, 0.717) is 44.7 Å². The summed E-state index contributed by atoms with van der Waals surface area (Å²) in [6.07, 6.45) is 7.63. The summed E-state index contributed by atoms with van der Waals surface area (Å²) in [7, 11) is 1.62. The fourth-order valence-electron chi connectivity index (χ4n) is 6.88. The second-order valence-electron chi connectivity index (χ2n) is 12.3. The Morgan fingerprint density at radius 2 is 1.81 bits per heavy atom. The maximum atomic E-state index is 14.4. The number of nitrogens with zero attached hydrogens (tertiary/aromatic N) is 4. The van der Waals surface area contributed by atoms with Gasteiger partial charge in [-0.1, -0.05) is 61.4 Å². The number of amides is 2. The third kappa shape index (κ3) is 6.25. The number of imidazole rings is 1. The average molecular weight is 586 g/mol. The summed E-state index contributed by atoms with van der Waals surface area (Å²) in [5, 5.41) is 15.1. The van der Waals surface area contributed by atoms with Gasteiger partial charge in [-0.15, -0.1) is 0 Å². The van der Waals surface area contributed by atoms with Gasteiger partial charge < -0.3 is 29.5 Å². The first-order valence-electron chi connectivity index (χ1n) is 15.7. The zero-order chi connectivity index (χ0) is 29.8. The molecule has 2 amide bonds. The first-order valence-corrected chi connectivity index (χ1v) is 15.7. The van der Waals surface area contributed by atoms with Crippen LogP contribution in [0.1, 0.15) is 61.5 Å². The standard InChI is InChI=1S/C34H43N5O4/c1-43-23-34(42)18-9-8-14-29(34)39-24-36-30(31(39)25-10-4-2-5-11-25)33(41)38-21-19-35-22-28(38)17-20-37(32(40)26-15-16-26)27-12-6-3-7-13-27/h2-7,10-13,24,26,28-29,35,42H,8-9,14-23H2,1H3/t28-,29-,34-/m1/s1. The van der Waals surface area contributed by atoms with Crippen molar-refractivity contribution in [3.63, 3.8) is 0 Å². The summed E-state index contributed by atoms with van der Waals surface area (Å²) in [6, 6.07) is 19.4. The molecule has 2 N–H and O–H groups in total. The van der Waals surface area contributed by atoms with E-state index in [0.717, 1.165) is 49.0 Å². The molecule has 3 aliphatic rings. The number of aliphatic hydroxyl groups is 1. The van der Waals surface area contributed by atoms with Gasteiger partial charge in [0.2, 0.25) is 5.91 Å². The zero-order valence-corrected chi connectivity index (χ0v) is 25.0. The minimum Gasteiger partial charge on any atom is -0.385 e. The molecule has 9 nitrogen and oxygen atoms in total. The molecule has 0 unspecified atom stereocenters.